The van der Waals surface area contributed by atoms with E-state index in [0.717, 1.165) is 17.7 Å². The monoisotopic (exact) mass is 272 g/mol. The lowest BCUT2D eigenvalue weighted by Gasteiger charge is -2.06. The van der Waals surface area contributed by atoms with Gasteiger partial charge in [-0.3, -0.25) is 10.2 Å². The summed E-state index contributed by atoms with van der Waals surface area (Å²) in [6.45, 7) is 2.71. The van der Waals surface area contributed by atoms with Crippen LogP contribution in [0.15, 0.2) is 35.1 Å². The first-order valence-corrected chi connectivity index (χ1v) is 6.29. The Bertz CT molecular complexity index is 662. The van der Waals surface area contributed by atoms with Crippen LogP contribution >= 0.6 is 0 Å². The molecule has 6 heteroatoms. The fraction of sp³-hybridized carbons (Fsp3) is 0.214. The molecule has 2 aromatic rings. The number of ether oxygens (including phenoxy) is 1. The Labute approximate surface area is 116 Å². The van der Waals surface area contributed by atoms with Gasteiger partial charge >= 0.3 is 0 Å². The van der Waals surface area contributed by atoms with E-state index in [1.54, 1.807) is 0 Å². The molecule has 1 aromatic heterocycles. The number of benzene rings is 1. The smallest absolute Gasteiger partial charge is 0.275 e. The summed E-state index contributed by atoms with van der Waals surface area (Å²) in [5.74, 6) is 0.504. The van der Waals surface area contributed by atoms with Gasteiger partial charge in [0.05, 0.1) is 17.9 Å². The van der Waals surface area contributed by atoms with Crippen LogP contribution in [0.3, 0.4) is 0 Å². The second kappa shape index (κ2) is 6.01. The number of aromatic amines is 1. The molecule has 0 bridgehead atoms. The van der Waals surface area contributed by atoms with Crippen molar-refractivity contribution in [3.05, 3.63) is 46.2 Å². The van der Waals surface area contributed by atoms with Crippen LogP contribution in [0.25, 0.3) is 11.3 Å². The maximum absolute atomic E-state index is 11.5. The Hall–Kier alpha value is -2.63. The number of hydrogen-bond donors (Lipinski definition) is 3. The van der Waals surface area contributed by atoms with Crippen molar-refractivity contribution < 1.29 is 4.74 Å². The van der Waals surface area contributed by atoms with E-state index in [9.17, 15) is 4.79 Å². The highest BCUT2D eigenvalue weighted by atomic mass is 16.5. The summed E-state index contributed by atoms with van der Waals surface area (Å²) in [6.07, 6.45) is 0.950. The molecule has 0 fully saturated rings. The van der Waals surface area contributed by atoms with Crippen LogP contribution in [-0.2, 0) is 0 Å². The van der Waals surface area contributed by atoms with Gasteiger partial charge in [-0.05, 0) is 36.8 Å². The van der Waals surface area contributed by atoms with E-state index in [4.69, 9.17) is 15.9 Å². The highest BCUT2D eigenvalue weighted by Crippen LogP contribution is 2.20. The van der Waals surface area contributed by atoms with Crippen LogP contribution in [0.4, 0.5) is 0 Å². The van der Waals surface area contributed by atoms with Gasteiger partial charge in [0.15, 0.2) is 0 Å². The number of nitrogens with zero attached hydrogens (tertiary/aromatic N) is 1. The van der Waals surface area contributed by atoms with Gasteiger partial charge in [-0.25, -0.2) is 5.10 Å². The molecule has 0 spiro atoms. The molecule has 20 heavy (non-hydrogen) atoms. The number of hydrogen-bond acceptors (Lipinski definition) is 4. The minimum absolute atomic E-state index is 0.112. The quantitative estimate of drug-likeness (QED) is 0.566. The van der Waals surface area contributed by atoms with Crippen molar-refractivity contribution in [2.24, 2.45) is 5.73 Å². The van der Waals surface area contributed by atoms with E-state index in [-0.39, 0.29) is 11.4 Å². The summed E-state index contributed by atoms with van der Waals surface area (Å²) in [5, 5.41) is 13.6. The highest BCUT2D eigenvalue weighted by Gasteiger charge is 2.07. The molecule has 0 saturated carbocycles. The third-order valence-corrected chi connectivity index (χ3v) is 2.72. The molecule has 0 aliphatic heterocycles. The normalized spacial score (nSPS) is 10.2. The molecule has 0 amide bonds. The van der Waals surface area contributed by atoms with Crippen molar-refractivity contribution in [3.63, 3.8) is 0 Å². The SMILES string of the molecule is CCCOc1ccc(-c2cc(C(=N)N)c(=O)[nH]n2)cc1. The van der Waals surface area contributed by atoms with Gasteiger partial charge in [-0.2, -0.15) is 5.10 Å². The zero-order valence-electron chi connectivity index (χ0n) is 11.1. The summed E-state index contributed by atoms with van der Waals surface area (Å²) in [7, 11) is 0. The summed E-state index contributed by atoms with van der Waals surface area (Å²) >= 11 is 0. The molecule has 1 heterocycles. The molecule has 1 aromatic carbocycles. The van der Waals surface area contributed by atoms with E-state index in [1.165, 1.54) is 6.07 Å². The van der Waals surface area contributed by atoms with Crippen molar-refractivity contribution >= 4 is 5.84 Å². The fourth-order valence-electron chi connectivity index (χ4n) is 1.70. The van der Waals surface area contributed by atoms with Crippen LogP contribution in [0.1, 0.15) is 18.9 Å². The minimum Gasteiger partial charge on any atom is -0.494 e. The molecular weight excluding hydrogens is 256 g/mol. The minimum atomic E-state index is -0.468. The average molecular weight is 272 g/mol. The molecule has 0 saturated heterocycles. The van der Waals surface area contributed by atoms with Crippen molar-refractivity contribution in [2.45, 2.75) is 13.3 Å². The van der Waals surface area contributed by atoms with E-state index in [2.05, 4.69) is 10.2 Å². The maximum Gasteiger partial charge on any atom is 0.275 e. The van der Waals surface area contributed by atoms with Gasteiger partial charge in [0.2, 0.25) is 0 Å². The van der Waals surface area contributed by atoms with Crippen LogP contribution in [0.2, 0.25) is 0 Å². The Morgan fingerprint density at radius 1 is 1.40 bits per heavy atom. The Kier molecular flexibility index (Phi) is 4.14. The molecule has 4 N–H and O–H groups in total. The number of amidine groups is 1. The van der Waals surface area contributed by atoms with E-state index < -0.39 is 5.56 Å². The zero-order valence-corrected chi connectivity index (χ0v) is 11.1. The lowest BCUT2D eigenvalue weighted by atomic mass is 10.1. The third-order valence-electron chi connectivity index (χ3n) is 2.72. The highest BCUT2D eigenvalue weighted by molar-refractivity contribution is 5.95. The Morgan fingerprint density at radius 3 is 2.70 bits per heavy atom. The maximum atomic E-state index is 11.5. The van der Waals surface area contributed by atoms with Gasteiger partial charge in [-0.15, -0.1) is 0 Å². The molecule has 0 unspecified atom stereocenters. The van der Waals surface area contributed by atoms with Crippen molar-refractivity contribution in [2.75, 3.05) is 6.61 Å². The number of nitrogens with two attached hydrogens (primary N) is 1. The van der Waals surface area contributed by atoms with Gasteiger partial charge in [0.25, 0.3) is 5.56 Å². The fourth-order valence-corrected chi connectivity index (χ4v) is 1.70. The molecule has 0 aliphatic rings. The summed E-state index contributed by atoms with van der Waals surface area (Å²) in [4.78, 5) is 11.5. The lowest BCUT2D eigenvalue weighted by Crippen LogP contribution is -2.24. The van der Waals surface area contributed by atoms with Crippen LogP contribution in [-0.4, -0.2) is 22.6 Å². The summed E-state index contributed by atoms with van der Waals surface area (Å²) in [6, 6.07) is 8.87. The summed E-state index contributed by atoms with van der Waals surface area (Å²) in [5.41, 5.74) is 6.37. The largest absolute Gasteiger partial charge is 0.494 e. The van der Waals surface area contributed by atoms with Gasteiger partial charge in [-0.1, -0.05) is 6.92 Å². The van der Waals surface area contributed by atoms with Crippen LogP contribution in [0, 0.1) is 5.41 Å². The number of aromatic nitrogens is 2. The molecule has 0 radical (unpaired) electrons. The number of rotatable bonds is 5. The first-order chi connectivity index (χ1) is 9.61. The molecule has 6 nitrogen and oxygen atoms in total. The van der Waals surface area contributed by atoms with Gasteiger partial charge in [0.1, 0.15) is 11.6 Å². The topological polar surface area (TPSA) is 105 Å². The predicted molar refractivity (Wildman–Crippen MR) is 77.1 cm³/mol. The zero-order chi connectivity index (χ0) is 14.5. The Balaban J connectivity index is 2.30. The second-order valence-electron chi connectivity index (χ2n) is 4.28. The lowest BCUT2D eigenvalue weighted by molar-refractivity contribution is 0.317. The third kappa shape index (κ3) is 3.03. The predicted octanol–water partition coefficient (Wildman–Crippen LogP) is 1.51. The number of H-pyrrole nitrogens is 1. The second-order valence-corrected chi connectivity index (χ2v) is 4.28. The van der Waals surface area contributed by atoms with Crippen LogP contribution in [0.5, 0.6) is 5.75 Å². The van der Waals surface area contributed by atoms with Crippen molar-refractivity contribution in [3.8, 4) is 17.0 Å². The average Bonchev–Trinajstić information content (AvgIpc) is 2.46. The van der Waals surface area contributed by atoms with Crippen LogP contribution < -0.4 is 16.0 Å². The number of nitrogen functional groups attached to an aromatic ring is 1. The molecule has 2 rings (SSSR count). The first-order valence-electron chi connectivity index (χ1n) is 6.29. The molecule has 104 valence electrons. The molecule has 0 atom stereocenters. The van der Waals surface area contributed by atoms with Crippen molar-refractivity contribution in [1.82, 2.24) is 10.2 Å². The Morgan fingerprint density at radius 2 is 2.10 bits per heavy atom. The summed E-state index contributed by atoms with van der Waals surface area (Å²) < 4.78 is 5.49. The standard InChI is InChI=1S/C14H16N4O2/c1-2-7-20-10-5-3-9(4-6-10)12-8-11(13(15)16)14(19)18-17-12/h3-6,8H,2,7H2,1H3,(H3,15,16)(H,18,19). The van der Waals surface area contributed by atoms with E-state index in [1.807, 2.05) is 31.2 Å². The van der Waals surface area contributed by atoms with Gasteiger partial charge < -0.3 is 10.5 Å². The van der Waals surface area contributed by atoms with Crippen molar-refractivity contribution in [1.29, 1.82) is 5.41 Å². The molecular formula is C14H16N4O2. The van der Waals surface area contributed by atoms with E-state index in [0.29, 0.717) is 12.3 Å². The molecule has 0 aliphatic carbocycles. The number of nitrogens with one attached hydrogen (secondary N) is 2. The van der Waals surface area contributed by atoms with E-state index >= 15 is 0 Å². The van der Waals surface area contributed by atoms with Gasteiger partial charge in [0, 0.05) is 5.56 Å². The first kappa shape index (κ1) is 13.8.